The van der Waals surface area contributed by atoms with Crippen LogP contribution >= 0.6 is 0 Å². The number of rotatable bonds is 7. The number of hydrogen-bond acceptors (Lipinski definition) is 3. The highest BCUT2D eigenvalue weighted by molar-refractivity contribution is 6.06. The molecular formula is C21H26N2O3. The molecule has 0 saturated heterocycles. The van der Waals surface area contributed by atoms with Crippen LogP contribution < -0.4 is 15.4 Å². The summed E-state index contributed by atoms with van der Waals surface area (Å²) in [5.74, 6) is 0.581. The van der Waals surface area contributed by atoms with Crippen LogP contribution in [0.3, 0.4) is 0 Å². The van der Waals surface area contributed by atoms with E-state index in [2.05, 4.69) is 24.5 Å². The summed E-state index contributed by atoms with van der Waals surface area (Å²) in [7, 11) is 0. The van der Waals surface area contributed by atoms with E-state index in [0.717, 1.165) is 0 Å². The van der Waals surface area contributed by atoms with Gasteiger partial charge in [-0.15, -0.1) is 0 Å². The molecule has 0 aliphatic heterocycles. The molecule has 0 aliphatic rings. The third-order valence-electron chi connectivity index (χ3n) is 3.64. The normalized spacial score (nSPS) is 10.7. The van der Waals surface area contributed by atoms with E-state index >= 15 is 0 Å². The van der Waals surface area contributed by atoms with Crippen molar-refractivity contribution in [1.29, 1.82) is 0 Å². The topological polar surface area (TPSA) is 67.4 Å². The lowest BCUT2D eigenvalue weighted by molar-refractivity contribution is -0.118. The van der Waals surface area contributed by atoms with Crippen molar-refractivity contribution in [3.8, 4) is 5.75 Å². The first-order chi connectivity index (χ1) is 12.4. The molecule has 2 rings (SSSR count). The molecule has 0 aliphatic carbocycles. The summed E-state index contributed by atoms with van der Waals surface area (Å²) in [6.45, 7) is 8.34. The number of carbonyl (C=O) groups excluding carboxylic acids is 2. The maximum Gasteiger partial charge on any atom is 0.259 e. The number of anilines is 2. The Bertz CT molecular complexity index is 752. The van der Waals surface area contributed by atoms with Crippen molar-refractivity contribution < 1.29 is 14.3 Å². The predicted octanol–water partition coefficient (Wildman–Crippen LogP) is 4.57. The van der Waals surface area contributed by atoms with Gasteiger partial charge in [0.2, 0.25) is 5.91 Å². The first kappa shape index (κ1) is 19.5. The molecule has 0 radical (unpaired) electrons. The third-order valence-corrected chi connectivity index (χ3v) is 3.64. The second kappa shape index (κ2) is 9.04. The van der Waals surface area contributed by atoms with Gasteiger partial charge >= 0.3 is 0 Å². The van der Waals surface area contributed by atoms with Gasteiger partial charge in [-0.1, -0.05) is 39.8 Å². The van der Waals surface area contributed by atoms with Gasteiger partial charge in [-0.3, -0.25) is 9.59 Å². The van der Waals surface area contributed by atoms with Gasteiger partial charge < -0.3 is 15.4 Å². The maximum atomic E-state index is 12.6. The summed E-state index contributed by atoms with van der Waals surface area (Å²) in [6, 6.07) is 14.2. The molecule has 0 spiro atoms. The van der Waals surface area contributed by atoms with Gasteiger partial charge in [0, 0.05) is 17.3 Å². The average Bonchev–Trinajstić information content (AvgIpc) is 2.61. The molecule has 0 aromatic heterocycles. The molecule has 26 heavy (non-hydrogen) atoms. The lowest BCUT2D eigenvalue weighted by Gasteiger charge is -2.13. The van der Waals surface area contributed by atoms with E-state index in [1.807, 2.05) is 26.0 Å². The predicted molar refractivity (Wildman–Crippen MR) is 105 cm³/mol. The Morgan fingerprint density at radius 2 is 1.46 bits per heavy atom. The van der Waals surface area contributed by atoms with Crippen molar-refractivity contribution in [2.75, 3.05) is 17.2 Å². The quantitative estimate of drug-likeness (QED) is 0.765. The van der Waals surface area contributed by atoms with E-state index in [4.69, 9.17) is 4.74 Å². The standard InChI is InChI=1S/C21H26N2O3/c1-14(2)13-26-19-8-6-5-7-18(19)21(25)23-17-11-9-16(10-12-17)22-20(24)15(3)4/h5-12,14-15H,13H2,1-4H3,(H,22,24)(H,23,25). The highest BCUT2D eigenvalue weighted by atomic mass is 16.5. The molecule has 5 heteroatoms. The van der Waals surface area contributed by atoms with Gasteiger partial charge in [0.15, 0.2) is 0 Å². The molecule has 0 atom stereocenters. The Balaban J connectivity index is 2.05. The van der Waals surface area contributed by atoms with Crippen LogP contribution in [0.4, 0.5) is 11.4 Å². The van der Waals surface area contributed by atoms with Crippen molar-refractivity contribution >= 4 is 23.2 Å². The Morgan fingerprint density at radius 1 is 0.885 bits per heavy atom. The van der Waals surface area contributed by atoms with E-state index in [1.54, 1.807) is 36.4 Å². The number of amides is 2. The van der Waals surface area contributed by atoms with E-state index in [0.29, 0.717) is 35.2 Å². The van der Waals surface area contributed by atoms with Crippen LogP contribution in [0.1, 0.15) is 38.1 Å². The summed E-state index contributed by atoms with van der Waals surface area (Å²) >= 11 is 0. The minimum absolute atomic E-state index is 0.0435. The Hall–Kier alpha value is -2.82. The lowest BCUT2D eigenvalue weighted by Crippen LogP contribution is -2.18. The summed E-state index contributed by atoms with van der Waals surface area (Å²) in [6.07, 6.45) is 0. The number of carbonyl (C=O) groups is 2. The van der Waals surface area contributed by atoms with Crippen LogP contribution in [0.15, 0.2) is 48.5 Å². The molecule has 0 heterocycles. The van der Waals surface area contributed by atoms with Crippen LogP contribution in [-0.4, -0.2) is 18.4 Å². The number of para-hydroxylation sites is 1. The molecule has 0 bridgehead atoms. The minimum Gasteiger partial charge on any atom is -0.492 e. The van der Waals surface area contributed by atoms with Crippen LogP contribution in [0.5, 0.6) is 5.75 Å². The minimum atomic E-state index is -0.233. The van der Waals surface area contributed by atoms with Crippen LogP contribution in [0.25, 0.3) is 0 Å². The Labute approximate surface area is 154 Å². The summed E-state index contributed by atoms with van der Waals surface area (Å²) in [5, 5.41) is 5.68. The monoisotopic (exact) mass is 354 g/mol. The molecule has 2 aromatic carbocycles. The number of ether oxygens (including phenoxy) is 1. The van der Waals surface area contributed by atoms with E-state index in [9.17, 15) is 9.59 Å². The average molecular weight is 354 g/mol. The molecule has 2 aromatic rings. The first-order valence-corrected chi connectivity index (χ1v) is 8.81. The first-order valence-electron chi connectivity index (χ1n) is 8.81. The summed E-state index contributed by atoms with van der Waals surface area (Å²) in [5.41, 5.74) is 1.84. The van der Waals surface area contributed by atoms with E-state index < -0.39 is 0 Å². The number of hydrogen-bond donors (Lipinski definition) is 2. The fourth-order valence-electron chi connectivity index (χ4n) is 2.16. The molecule has 0 unspecified atom stereocenters. The number of nitrogens with one attached hydrogen (secondary N) is 2. The molecule has 2 amide bonds. The molecule has 0 saturated carbocycles. The Kier molecular flexibility index (Phi) is 6.78. The molecule has 5 nitrogen and oxygen atoms in total. The van der Waals surface area contributed by atoms with Gasteiger partial charge in [0.1, 0.15) is 5.75 Å². The summed E-state index contributed by atoms with van der Waals surface area (Å²) in [4.78, 5) is 24.3. The zero-order valence-electron chi connectivity index (χ0n) is 15.7. The van der Waals surface area contributed by atoms with E-state index in [1.165, 1.54) is 0 Å². The van der Waals surface area contributed by atoms with Crippen molar-refractivity contribution in [3.05, 3.63) is 54.1 Å². The van der Waals surface area contributed by atoms with Crippen LogP contribution in [0.2, 0.25) is 0 Å². The molecular weight excluding hydrogens is 328 g/mol. The fourth-order valence-corrected chi connectivity index (χ4v) is 2.16. The second-order valence-corrected chi connectivity index (χ2v) is 6.88. The highest BCUT2D eigenvalue weighted by Crippen LogP contribution is 2.21. The van der Waals surface area contributed by atoms with Gasteiger partial charge in [0.25, 0.3) is 5.91 Å². The smallest absolute Gasteiger partial charge is 0.259 e. The zero-order chi connectivity index (χ0) is 19.1. The van der Waals surface area contributed by atoms with Crippen molar-refractivity contribution in [2.24, 2.45) is 11.8 Å². The van der Waals surface area contributed by atoms with Gasteiger partial charge in [0.05, 0.1) is 12.2 Å². The molecule has 2 N–H and O–H groups in total. The fraction of sp³-hybridized carbons (Fsp3) is 0.333. The zero-order valence-corrected chi connectivity index (χ0v) is 15.7. The van der Waals surface area contributed by atoms with Crippen LogP contribution in [-0.2, 0) is 4.79 Å². The maximum absolute atomic E-state index is 12.6. The third kappa shape index (κ3) is 5.62. The molecule has 138 valence electrons. The van der Waals surface area contributed by atoms with Gasteiger partial charge in [-0.25, -0.2) is 0 Å². The van der Waals surface area contributed by atoms with Crippen molar-refractivity contribution in [1.82, 2.24) is 0 Å². The van der Waals surface area contributed by atoms with Gasteiger partial charge in [-0.05, 0) is 42.3 Å². The number of benzene rings is 2. The van der Waals surface area contributed by atoms with E-state index in [-0.39, 0.29) is 17.7 Å². The van der Waals surface area contributed by atoms with Crippen molar-refractivity contribution in [2.45, 2.75) is 27.7 Å². The summed E-state index contributed by atoms with van der Waals surface area (Å²) < 4.78 is 5.73. The second-order valence-electron chi connectivity index (χ2n) is 6.88. The SMILES string of the molecule is CC(C)COc1ccccc1C(=O)Nc1ccc(NC(=O)C(C)C)cc1. The largest absolute Gasteiger partial charge is 0.492 e. The lowest BCUT2D eigenvalue weighted by atomic mass is 10.1. The van der Waals surface area contributed by atoms with Crippen LogP contribution in [0, 0.1) is 11.8 Å². The van der Waals surface area contributed by atoms with Gasteiger partial charge in [-0.2, -0.15) is 0 Å². The Morgan fingerprint density at radius 3 is 2.04 bits per heavy atom. The highest BCUT2D eigenvalue weighted by Gasteiger charge is 2.13. The molecule has 0 fully saturated rings. The van der Waals surface area contributed by atoms with Crippen molar-refractivity contribution in [3.63, 3.8) is 0 Å².